The summed E-state index contributed by atoms with van der Waals surface area (Å²) in [6, 6.07) is 21.1. The van der Waals surface area contributed by atoms with Gasteiger partial charge in [0.1, 0.15) is 5.69 Å². The lowest BCUT2D eigenvalue weighted by molar-refractivity contribution is 0.0698. The molecule has 8 nitrogen and oxygen atoms in total. The maximum Gasteiger partial charge on any atom is 0.337 e. The third-order valence-electron chi connectivity index (χ3n) is 6.49. The highest BCUT2D eigenvalue weighted by Crippen LogP contribution is 2.37. The Balaban J connectivity index is 1.43. The van der Waals surface area contributed by atoms with Gasteiger partial charge in [0.15, 0.2) is 11.6 Å². The van der Waals surface area contributed by atoms with Crippen LogP contribution in [-0.2, 0) is 0 Å². The van der Waals surface area contributed by atoms with Crippen LogP contribution in [0, 0.1) is 11.6 Å². The number of carbonyl (C=O) groups is 3. The van der Waals surface area contributed by atoms with Crippen molar-refractivity contribution in [3.63, 3.8) is 0 Å². The normalized spacial score (nSPS) is 12.6. The van der Waals surface area contributed by atoms with Gasteiger partial charge in [-0.1, -0.05) is 53.7 Å². The number of carboxylic acids is 1. The van der Waals surface area contributed by atoms with Crippen molar-refractivity contribution in [2.24, 2.45) is 0 Å². The number of carboxylic acid groups (broad SMARTS) is 1. The highest BCUT2D eigenvalue weighted by atomic mass is 19.2. The Labute approximate surface area is 219 Å². The van der Waals surface area contributed by atoms with Crippen LogP contribution >= 0.6 is 0 Å². The van der Waals surface area contributed by atoms with E-state index in [1.165, 1.54) is 36.4 Å². The molecule has 190 valence electrons. The summed E-state index contributed by atoms with van der Waals surface area (Å²) in [6.07, 6.45) is 0. The van der Waals surface area contributed by atoms with Crippen molar-refractivity contribution in [1.82, 2.24) is 15.4 Å². The lowest BCUT2D eigenvalue weighted by atomic mass is 10.0. The lowest BCUT2D eigenvalue weighted by Crippen LogP contribution is -2.31. The van der Waals surface area contributed by atoms with Crippen LogP contribution in [0.25, 0.3) is 33.6 Å². The van der Waals surface area contributed by atoms with Crippen LogP contribution in [0.2, 0.25) is 0 Å². The Morgan fingerprint density at radius 1 is 0.744 bits per heavy atom. The number of nitrogens with one attached hydrogen (secondary N) is 1. The number of fused-ring (bicyclic) bond motifs is 1. The largest absolute Gasteiger partial charge is 0.478 e. The molecule has 1 aliphatic heterocycles. The first-order chi connectivity index (χ1) is 18.8. The number of H-pyrrole nitrogens is 1. The SMILES string of the molecule is O=C(O)c1ccc(-c2ccc(F)c(F)c2)cc1N1C(=O)c2ccc(-c3nn[nH]c3-c3ccccc3)cc2C1=O. The summed E-state index contributed by atoms with van der Waals surface area (Å²) < 4.78 is 27.3. The van der Waals surface area contributed by atoms with Gasteiger partial charge in [-0.25, -0.2) is 18.5 Å². The van der Waals surface area contributed by atoms with Crippen LogP contribution in [0.5, 0.6) is 0 Å². The molecule has 2 amide bonds. The minimum atomic E-state index is -1.37. The Kier molecular flexibility index (Phi) is 5.57. The highest BCUT2D eigenvalue weighted by molar-refractivity contribution is 6.35. The molecular formula is C29H16F2N4O4. The molecule has 0 aliphatic carbocycles. The maximum absolute atomic E-state index is 13.9. The van der Waals surface area contributed by atoms with E-state index in [0.29, 0.717) is 22.5 Å². The van der Waals surface area contributed by atoms with Crippen LogP contribution in [0.15, 0.2) is 84.9 Å². The molecule has 39 heavy (non-hydrogen) atoms. The van der Waals surface area contributed by atoms with Crippen LogP contribution in [-0.4, -0.2) is 38.3 Å². The standard InChI is InChI=1S/C29H16F2N4O4/c30-22-11-8-16(13-23(22)31)17-6-10-20(29(38)39)24(14-17)35-27(36)19-9-7-18(12-21(19)28(35)37)26-25(32-34-33-26)15-4-2-1-3-5-15/h1-14H,(H,38,39)(H,32,33,34). The van der Waals surface area contributed by atoms with Crippen molar-refractivity contribution in [1.29, 1.82) is 0 Å². The molecule has 0 saturated heterocycles. The zero-order chi connectivity index (χ0) is 27.3. The van der Waals surface area contributed by atoms with E-state index in [1.54, 1.807) is 6.07 Å². The highest BCUT2D eigenvalue weighted by Gasteiger charge is 2.39. The Morgan fingerprint density at radius 2 is 1.44 bits per heavy atom. The molecule has 4 aromatic carbocycles. The van der Waals surface area contributed by atoms with Gasteiger partial charge in [0.25, 0.3) is 11.8 Å². The Hall–Kier alpha value is -5.51. The molecule has 0 bridgehead atoms. The van der Waals surface area contributed by atoms with E-state index in [0.717, 1.165) is 22.6 Å². The molecule has 2 heterocycles. The van der Waals surface area contributed by atoms with E-state index < -0.39 is 29.4 Å². The number of imide groups is 1. The summed E-state index contributed by atoms with van der Waals surface area (Å²) in [5, 5.41) is 20.7. The Morgan fingerprint density at radius 3 is 2.18 bits per heavy atom. The second-order valence-electron chi connectivity index (χ2n) is 8.77. The van der Waals surface area contributed by atoms with Gasteiger partial charge in [-0.15, -0.1) is 5.10 Å². The molecule has 10 heteroatoms. The number of amides is 2. The first-order valence-electron chi connectivity index (χ1n) is 11.7. The molecule has 2 N–H and O–H groups in total. The van der Waals surface area contributed by atoms with Crippen molar-refractivity contribution < 1.29 is 28.3 Å². The summed E-state index contributed by atoms with van der Waals surface area (Å²) in [6.45, 7) is 0. The van der Waals surface area contributed by atoms with Crippen molar-refractivity contribution in [3.8, 4) is 33.6 Å². The number of hydrogen-bond acceptors (Lipinski definition) is 5. The number of aromatic nitrogens is 3. The third kappa shape index (κ3) is 3.95. The third-order valence-corrected chi connectivity index (χ3v) is 6.49. The van der Waals surface area contributed by atoms with Gasteiger partial charge >= 0.3 is 5.97 Å². The molecular weight excluding hydrogens is 506 g/mol. The fourth-order valence-corrected chi connectivity index (χ4v) is 4.60. The average Bonchev–Trinajstić information content (AvgIpc) is 3.53. The first-order valence-corrected chi connectivity index (χ1v) is 11.7. The second kappa shape index (κ2) is 9.10. The van der Waals surface area contributed by atoms with Gasteiger partial charge in [0.05, 0.1) is 28.1 Å². The van der Waals surface area contributed by atoms with Crippen LogP contribution in [0.1, 0.15) is 31.1 Å². The number of benzene rings is 4. The first kappa shape index (κ1) is 23.9. The summed E-state index contributed by atoms with van der Waals surface area (Å²) >= 11 is 0. The number of anilines is 1. The fourth-order valence-electron chi connectivity index (χ4n) is 4.60. The smallest absolute Gasteiger partial charge is 0.337 e. The van der Waals surface area contributed by atoms with Gasteiger partial charge in [0, 0.05) is 11.1 Å². The minimum absolute atomic E-state index is 0.0640. The van der Waals surface area contributed by atoms with E-state index >= 15 is 0 Å². The van der Waals surface area contributed by atoms with Crippen LogP contribution < -0.4 is 4.90 Å². The molecule has 0 atom stereocenters. The summed E-state index contributed by atoms with van der Waals surface area (Å²) in [5.74, 6) is -4.94. The Bertz CT molecular complexity index is 1820. The molecule has 0 saturated carbocycles. The molecule has 0 spiro atoms. The van der Waals surface area contributed by atoms with E-state index in [1.807, 2.05) is 30.3 Å². The number of aromatic amines is 1. The summed E-state index contributed by atoms with van der Waals surface area (Å²) in [4.78, 5) is 39.7. The monoisotopic (exact) mass is 522 g/mol. The topological polar surface area (TPSA) is 116 Å². The van der Waals surface area contributed by atoms with Gasteiger partial charge in [-0.2, -0.15) is 0 Å². The molecule has 0 radical (unpaired) electrons. The van der Waals surface area contributed by atoms with Gasteiger partial charge in [0.2, 0.25) is 0 Å². The molecule has 0 fully saturated rings. The quantitative estimate of drug-likeness (QED) is 0.291. The van der Waals surface area contributed by atoms with E-state index in [-0.39, 0.29) is 27.9 Å². The molecule has 0 unspecified atom stereocenters. The zero-order valence-corrected chi connectivity index (χ0v) is 19.9. The van der Waals surface area contributed by atoms with Gasteiger partial charge < -0.3 is 5.11 Å². The number of rotatable bonds is 5. The number of carbonyl (C=O) groups excluding carboxylic acids is 2. The lowest BCUT2D eigenvalue weighted by Gasteiger charge is -2.18. The predicted octanol–water partition coefficient (Wildman–Crippen LogP) is 5.58. The van der Waals surface area contributed by atoms with Gasteiger partial charge in [-0.05, 0) is 47.5 Å². The average molecular weight is 522 g/mol. The minimum Gasteiger partial charge on any atom is -0.478 e. The summed E-state index contributed by atoms with van der Waals surface area (Å²) in [5.41, 5.74) is 2.62. The molecule has 6 rings (SSSR count). The number of aromatic carboxylic acids is 1. The predicted molar refractivity (Wildman–Crippen MR) is 137 cm³/mol. The van der Waals surface area contributed by atoms with E-state index in [2.05, 4.69) is 15.4 Å². The van der Waals surface area contributed by atoms with E-state index in [9.17, 15) is 28.3 Å². The van der Waals surface area contributed by atoms with Crippen molar-refractivity contribution >= 4 is 23.5 Å². The maximum atomic E-state index is 13.9. The van der Waals surface area contributed by atoms with Crippen molar-refractivity contribution in [2.75, 3.05) is 4.90 Å². The molecule has 5 aromatic rings. The van der Waals surface area contributed by atoms with Crippen molar-refractivity contribution in [2.45, 2.75) is 0 Å². The number of halogens is 2. The zero-order valence-electron chi connectivity index (χ0n) is 19.9. The molecule has 1 aliphatic rings. The van der Waals surface area contributed by atoms with Crippen LogP contribution in [0.3, 0.4) is 0 Å². The van der Waals surface area contributed by atoms with Crippen molar-refractivity contribution in [3.05, 3.63) is 113 Å². The fraction of sp³-hybridized carbons (Fsp3) is 0. The molecule has 1 aromatic heterocycles. The van der Waals surface area contributed by atoms with Crippen LogP contribution in [0.4, 0.5) is 14.5 Å². The number of hydrogen-bond donors (Lipinski definition) is 2. The van der Waals surface area contributed by atoms with Gasteiger partial charge in [-0.3, -0.25) is 14.7 Å². The van der Waals surface area contributed by atoms with E-state index in [4.69, 9.17) is 0 Å². The number of nitrogens with zero attached hydrogens (tertiary/aromatic N) is 3. The summed E-state index contributed by atoms with van der Waals surface area (Å²) in [7, 11) is 0. The second-order valence-corrected chi connectivity index (χ2v) is 8.77.